The summed E-state index contributed by atoms with van der Waals surface area (Å²) in [5.41, 5.74) is 0.731. The molecule has 4 nitrogen and oxygen atoms in total. The van der Waals surface area contributed by atoms with Gasteiger partial charge in [-0.15, -0.1) is 0 Å². The molecule has 1 heterocycles. The van der Waals surface area contributed by atoms with E-state index in [0.717, 1.165) is 5.69 Å². The molecule has 18 heavy (non-hydrogen) atoms. The van der Waals surface area contributed by atoms with E-state index >= 15 is 0 Å². The zero-order valence-electron chi connectivity index (χ0n) is 11.8. The summed E-state index contributed by atoms with van der Waals surface area (Å²) in [4.78, 5) is 16.2. The van der Waals surface area contributed by atoms with Crippen LogP contribution in [0, 0.1) is 0 Å². The molecular weight excluding hydrogens is 226 g/mol. The van der Waals surface area contributed by atoms with Crippen molar-refractivity contribution in [3.63, 3.8) is 0 Å². The van der Waals surface area contributed by atoms with E-state index in [-0.39, 0.29) is 23.5 Å². The lowest BCUT2D eigenvalue weighted by molar-refractivity contribution is -0.124. The van der Waals surface area contributed by atoms with Crippen LogP contribution < -0.4 is 10.6 Å². The molecule has 0 spiro atoms. The summed E-state index contributed by atoms with van der Waals surface area (Å²) in [6.07, 6.45) is 1.76. The van der Waals surface area contributed by atoms with E-state index < -0.39 is 0 Å². The van der Waals surface area contributed by atoms with Gasteiger partial charge in [0.25, 0.3) is 0 Å². The molecule has 2 N–H and O–H groups in total. The van der Waals surface area contributed by atoms with Crippen LogP contribution in [0.2, 0.25) is 0 Å². The minimum atomic E-state index is -0.249. The number of amides is 1. The Morgan fingerprint density at radius 3 is 2.44 bits per heavy atom. The molecule has 1 rings (SSSR count). The zero-order valence-corrected chi connectivity index (χ0v) is 11.8. The standard InChI is InChI=1S/C14H23N3O/c1-10(12-8-6-7-9-15-12)16-11(2)13(18)17-14(3,4)5/h6-11,16H,1-5H3,(H,17,18)/t10-,11?/m0/s1. The largest absolute Gasteiger partial charge is 0.350 e. The van der Waals surface area contributed by atoms with Gasteiger partial charge in [0.2, 0.25) is 5.91 Å². The number of carbonyl (C=O) groups is 1. The number of pyridine rings is 1. The highest BCUT2D eigenvalue weighted by Crippen LogP contribution is 2.09. The molecule has 0 aromatic carbocycles. The molecule has 0 aliphatic heterocycles. The van der Waals surface area contributed by atoms with Crippen molar-refractivity contribution < 1.29 is 4.79 Å². The van der Waals surface area contributed by atoms with Crippen molar-refractivity contribution in [2.45, 2.75) is 52.2 Å². The minimum Gasteiger partial charge on any atom is -0.350 e. The van der Waals surface area contributed by atoms with Crippen molar-refractivity contribution >= 4 is 5.91 Å². The number of rotatable bonds is 4. The van der Waals surface area contributed by atoms with Gasteiger partial charge in [0.05, 0.1) is 11.7 Å². The number of carbonyl (C=O) groups excluding carboxylic acids is 1. The van der Waals surface area contributed by atoms with Crippen LogP contribution in [0.15, 0.2) is 24.4 Å². The van der Waals surface area contributed by atoms with Gasteiger partial charge in [-0.2, -0.15) is 0 Å². The Bertz CT molecular complexity index is 384. The summed E-state index contributed by atoms with van der Waals surface area (Å²) in [6, 6.07) is 5.58. The number of nitrogens with zero attached hydrogens (tertiary/aromatic N) is 1. The van der Waals surface area contributed by atoms with Gasteiger partial charge >= 0.3 is 0 Å². The Balaban J connectivity index is 2.55. The maximum Gasteiger partial charge on any atom is 0.237 e. The van der Waals surface area contributed by atoms with E-state index in [0.29, 0.717) is 0 Å². The first-order valence-corrected chi connectivity index (χ1v) is 6.28. The van der Waals surface area contributed by atoms with Crippen LogP contribution in [-0.4, -0.2) is 22.5 Å². The first kappa shape index (κ1) is 14.6. The lowest BCUT2D eigenvalue weighted by atomic mass is 10.1. The quantitative estimate of drug-likeness (QED) is 0.858. The molecule has 0 saturated carbocycles. The van der Waals surface area contributed by atoms with E-state index in [4.69, 9.17) is 0 Å². The molecule has 1 unspecified atom stereocenters. The number of hydrogen-bond donors (Lipinski definition) is 2. The SMILES string of the molecule is CC(N[C@@H](C)c1ccccn1)C(=O)NC(C)(C)C. The molecule has 0 aliphatic rings. The third kappa shape index (κ3) is 4.84. The van der Waals surface area contributed by atoms with Crippen LogP contribution in [0.25, 0.3) is 0 Å². The molecule has 100 valence electrons. The molecular formula is C14H23N3O. The van der Waals surface area contributed by atoms with Crippen LogP contribution in [-0.2, 0) is 4.79 Å². The van der Waals surface area contributed by atoms with Crippen molar-refractivity contribution in [1.29, 1.82) is 0 Å². The van der Waals surface area contributed by atoms with Crippen molar-refractivity contribution in [3.8, 4) is 0 Å². The maximum atomic E-state index is 11.9. The third-order valence-electron chi connectivity index (χ3n) is 2.52. The Hall–Kier alpha value is -1.42. The molecule has 4 heteroatoms. The zero-order chi connectivity index (χ0) is 13.8. The van der Waals surface area contributed by atoms with Crippen molar-refractivity contribution in [2.24, 2.45) is 0 Å². The molecule has 1 amide bonds. The van der Waals surface area contributed by atoms with Gasteiger partial charge in [-0.3, -0.25) is 15.1 Å². The third-order valence-corrected chi connectivity index (χ3v) is 2.52. The van der Waals surface area contributed by atoms with Crippen molar-refractivity contribution in [1.82, 2.24) is 15.6 Å². The fourth-order valence-corrected chi connectivity index (χ4v) is 1.65. The normalized spacial score (nSPS) is 14.9. The molecule has 1 aromatic heterocycles. The molecule has 0 aliphatic carbocycles. The lowest BCUT2D eigenvalue weighted by Gasteiger charge is -2.25. The molecule has 0 saturated heterocycles. The van der Waals surface area contributed by atoms with Gasteiger partial charge < -0.3 is 5.32 Å². The van der Waals surface area contributed by atoms with Crippen LogP contribution in [0.3, 0.4) is 0 Å². The first-order chi connectivity index (χ1) is 8.29. The highest BCUT2D eigenvalue weighted by atomic mass is 16.2. The van der Waals surface area contributed by atoms with E-state index in [1.165, 1.54) is 0 Å². The number of hydrogen-bond acceptors (Lipinski definition) is 3. The van der Waals surface area contributed by atoms with Crippen LogP contribution in [0.5, 0.6) is 0 Å². The van der Waals surface area contributed by atoms with Gasteiger partial charge in [0, 0.05) is 17.8 Å². The van der Waals surface area contributed by atoms with Crippen LogP contribution in [0.1, 0.15) is 46.4 Å². The summed E-state index contributed by atoms with van der Waals surface area (Å²) in [7, 11) is 0. The molecule has 2 atom stereocenters. The predicted octanol–water partition coefficient (Wildman–Crippen LogP) is 2.04. The Morgan fingerprint density at radius 1 is 1.28 bits per heavy atom. The smallest absolute Gasteiger partial charge is 0.237 e. The van der Waals surface area contributed by atoms with E-state index in [1.54, 1.807) is 6.20 Å². The average molecular weight is 249 g/mol. The molecule has 0 radical (unpaired) electrons. The Morgan fingerprint density at radius 2 is 1.94 bits per heavy atom. The van der Waals surface area contributed by atoms with E-state index in [2.05, 4.69) is 15.6 Å². The lowest BCUT2D eigenvalue weighted by Crippen LogP contribution is -2.50. The second-order valence-corrected chi connectivity index (χ2v) is 5.60. The van der Waals surface area contributed by atoms with Gasteiger partial charge in [-0.1, -0.05) is 6.07 Å². The summed E-state index contributed by atoms with van der Waals surface area (Å²) < 4.78 is 0. The van der Waals surface area contributed by atoms with Gasteiger partial charge in [0.1, 0.15) is 0 Å². The summed E-state index contributed by atoms with van der Waals surface area (Å²) in [5, 5.41) is 6.20. The fraction of sp³-hybridized carbons (Fsp3) is 0.571. The molecule has 1 aromatic rings. The summed E-state index contributed by atoms with van der Waals surface area (Å²) in [6.45, 7) is 9.78. The van der Waals surface area contributed by atoms with Gasteiger partial charge in [-0.05, 0) is 46.8 Å². The topological polar surface area (TPSA) is 54.0 Å². The minimum absolute atomic E-state index is 0.00489. The highest BCUT2D eigenvalue weighted by molar-refractivity contribution is 5.81. The predicted molar refractivity (Wildman–Crippen MR) is 73.1 cm³/mol. The summed E-state index contributed by atoms with van der Waals surface area (Å²) in [5.74, 6) is 0.00489. The van der Waals surface area contributed by atoms with Crippen LogP contribution >= 0.6 is 0 Å². The Kier molecular flexibility index (Phi) is 4.84. The number of nitrogens with one attached hydrogen (secondary N) is 2. The van der Waals surface area contributed by atoms with Gasteiger partial charge in [0.15, 0.2) is 0 Å². The Labute approximate surface area is 109 Å². The monoisotopic (exact) mass is 249 g/mol. The number of aromatic nitrogens is 1. The van der Waals surface area contributed by atoms with Crippen molar-refractivity contribution in [3.05, 3.63) is 30.1 Å². The second kappa shape index (κ2) is 5.96. The van der Waals surface area contributed by atoms with Crippen LogP contribution in [0.4, 0.5) is 0 Å². The fourth-order valence-electron chi connectivity index (χ4n) is 1.65. The first-order valence-electron chi connectivity index (χ1n) is 6.28. The van der Waals surface area contributed by atoms with Crippen molar-refractivity contribution in [2.75, 3.05) is 0 Å². The van der Waals surface area contributed by atoms with E-state index in [1.807, 2.05) is 52.8 Å². The van der Waals surface area contributed by atoms with Gasteiger partial charge in [-0.25, -0.2) is 0 Å². The molecule has 0 bridgehead atoms. The maximum absolute atomic E-state index is 11.9. The average Bonchev–Trinajstić information content (AvgIpc) is 2.27. The van der Waals surface area contributed by atoms with E-state index in [9.17, 15) is 4.79 Å². The second-order valence-electron chi connectivity index (χ2n) is 5.60. The molecule has 0 fully saturated rings. The highest BCUT2D eigenvalue weighted by Gasteiger charge is 2.20. The summed E-state index contributed by atoms with van der Waals surface area (Å²) >= 11 is 0.